The fourth-order valence-electron chi connectivity index (χ4n) is 2.86. The molecule has 0 saturated carbocycles. The van der Waals surface area contributed by atoms with Crippen LogP contribution in [0.5, 0.6) is 0 Å². The molecule has 144 valence electrons. The van der Waals surface area contributed by atoms with Crippen LogP contribution in [0.4, 0.5) is 0 Å². The van der Waals surface area contributed by atoms with E-state index in [1.807, 2.05) is 16.9 Å². The van der Waals surface area contributed by atoms with Crippen molar-refractivity contribution in [3.63, 3.8) is 0 Å². The van der Waals surface area contributed by atoms with Crippen molar-refractivity contribution in [1.29, 1.82) is 0 Å². The van der Waals surface area contributed by atoms with Crippen LogP contribution >= 0.6 is 11.3 Å². The number of thiophene rings is 1. The van der Waals surface area contributed by atoms with E-state index in [0.29, 0.717) is 42.3 Å². The van der Waals surface area contributed by atoms with Crippen molar-refractivity contribution >= 4 is 23.2 Å². The topological polar surface area (TPSA) is 117 Å². The monoisotopic (exact) mass is 390 g/mol. The van der Waals surface area contributed by atoms with Crippen molar-refractivity contribution in [2.45, 2.75) is 12.2 Å². The van der Waals surface area contributed by atoms with Crippen molar-refractivity contribution < 1.29 is 19.5 Å². The summed E-state index contributed by atoms with van der Waals surface area (Å²) in [6.45, 7) is 1.67. The second-order valence-corrected chi connectivity index (χ2v) is 7.09. The number of nitrogens with two attached hydrogens (primary N) is 1. The SMILES string of the molecule is NC(NO)c1ccc(C(=O)NCC2COCCN2C(=O)c2cccs2)cc1. The molecule has 2 atom stereocenters. The normalized spacial score (nSPS) is 18.1. The van der Waals surface area contributed by atoms with Crippen molar-refractivity contribution in [1.82, 2.24) is 15.7 Å². The Morgan fingerprint density at radius 2 is 2.11 bits per heavy atom. The van der Waals surface area contributed by atoms with Gasteiger partial charge >= 0.3 is 0 Å². The molecule has 2 unspecified atom stereocenters. The van der Waals surface area contributed by atoms with Crippen molar-refractivity contribution in [2.75, 3.05) is 26.3 Å². The summed E-state index contributed by atoms with van der Waals surface area (Å²) in [7, 11) is 0. The van der Waals surface area contributed by atoms with E-state index < -0.39 is 6.17 Å². The number of amides is 2. The van der Waals surface area contributed by atoms with E-state index in [2.05, 4.69) is 5.32 Å². The van der Waals surface area contributed by atoms with Crippen LogP contribution in [0, 0.1) is 0 Å². The van der Waals surface area contributed by atoms with Gasteiger partial charge in [-0.1, -0.05) is 18.2 Å². The van der Waals surface area contributed by atoms with Crippen LogP contribution in [-0.2, 0) is 4.74 Å². The second kappa shape index (κ2) is 9.07. The quantitative estimate of drug-likeness (QED) is 0.431. The molecule has 0 radical (unpaired) electrons. The fourth-order valence-corrected chi connectivity index (χ4v) is 3.54. The molecule has 0 bridgehead atoms. The molecular formula is C18H22N4O4S. The lowest BCUT2D eigenvalue weighted by Crippen LogP contribution is -2.53. The number of benzene rings is 1. The van der Waals surface area contributed by atoms with Crippen LogP contribution < -0.4 is 16.5 Å². The number of rotatable bonds is 6. The van der Waals surface area contributed by atoms with Crippen LogP contribution in [-0.4, -0.2) is 54.3 Å². The molecule has 5 N–H and O–H groups in total. The second-order valence-electron chi connectivity index (χ2n) is 6.14. The average Bonchev–Trinajstić information content (AvgIpc) is 3.26. The Labute approximate surface area is 160 Å². The molecule has 27 heavy (non-hydrogen) atoms. The Hall–Kier alpha value is -2.30. The molecule has 2 aromatic rings. The number of hydrogen-bond donors (Lipinski definition) is 4. The molecule has 9 heteroatoms. The summed E-state index contributed by atoms with van der Waals surface area (Å²) < 4.78 is 5.49. The third kappa shape index (κ3) is 4.71. The summed E-state index contributed by atoms with van der Waals surface area (Å²) >= 11 is 1.40. The summed E-state index contributed by atoms with van der Waals surface area (Å²) in [5, 5.41) is 13.6. The predicted molar refractivity (Wildman–Crippen MR) is 101 cm³/mol. The van der Waals surface area contributed by atoms with Crippen LogP contribution in [0.25, 0.3) is 0 Å². The van der Waals surface area contributed by atoms with Gasteiger partial charge < -0.3 is 25.9 Å². The van der Waals surface area contributed by atoms with E-state index in [4.69, 9.17) is 15.7 Å². The first kappa shape index (κ1) is 19.5. The first-order valence-corrected chi connectivity index (χ1v) is 9.43. The Balaban J connectivity index is 1.60. The zero-order valence-corrected chi connectivity index (χ0v) is 15.4. The van der Waals surface area contributed by atoms with E-state index in [-0.39, 0.29) is 17.9 Å². The highest BCUT2D eigenvalue weighted by molar-refractivity contribution is 7.12. The standard InChI is InChI=1S/C18H22N4O4S/c19-16(21-25)12-3-5-13(6-4-12)17(23)20-10-14-11-26-8-7-22(14)18(24)15-2-1-9-27-15/h1-6,9,14,16,21,25H,7-8,10-11,19H2,(H,20,23). The molecule has 1 saturated heterocycles. The summed E-state index contributed by atoms with van der Waals surface area (Å²) in [6, 6.07) is 10.0. The smallest absolute Gasteiger partial charge is 0.264 e. The van der Waals surface area contributed by atoms with E-state index in [1.165, 1.54) is 11.3 Å². The molecule has 0 aliphatic carbocycles. The number of ether oxygens (including phenoxy) is 1. The van der Waals surface area contributed by atoms with Gasteiger partial charge in [-0.15, -0.1) is 11.3 Å². The number of carbonyl (C=O) groups excluding carboxylic acids is 2. The average molecular weight is 390 g/mol. The van der Waals surface area contributed by atoms with Crippen molar-refractivity contribution in [2.24, 2.45) is 5.73 Å². The minimum Gasteiger partial charge on any atom is -0.377 e. The predicted octanol–water partition coefficient (Wildman–Crippen LogP) is 0.955. The summed E-state index contributed by atoms with van der Waals surface area (Å²) in [5.74, 6) is -0.288. The highest BCUT2D eigenvalue weighted by Crippen LogP contribution is 2.16. The summed E-state index contributed by atoms with van der Waals surface area (Å²) in [4.78, 5) is 27.5. The molecule has 1 aromatic carbocycles. The lowest BCUT2D eigenvalue weighted by Gasteiger charge is -2.35. The van der Waals surface area contributed by atoms with Gasteiger partial charge in [-0.2, -0.15) is 5.48 Å². The van der Waals surface area contributed by atoms with Crippen LogP contribution in [0.2, 0.25) is 0 Å². The van der Waals surface area contributed by atoms with E-state index >= 15 is 0 Å². The number of morpholine rings is 1. The first-order chi connectivity index (χ1) is 13.1. The van der Waals surface area contributed by atoms with E-state index in [1.54, 1.807) is 35.2 Å². The summed E-state index contributed by atoms with van der Waals surface area (Å²) in [6.07, 6.45) is -0.710. The molecular weight excluding hydrogens is 368 g/mol. The van der Waals surface area contributed by atoms with Gasteiger partial charge in [-0.3, -0.25) is 9.59 Å². The third-order valence-electron chi connectivity index (χ3n) is 4.39. The maximum atomic E-state index is 12.6. The minimum atomic E-state index is -0.710. The summed E-state index contributed by atoms with van der Waals surface area (Å²) in [5.41, 5.74) is 8.72. The molecule has 1 aliphatic rings. The lowest BCUT2D eigenvalue weighted by molar-refractivity contribution is -0.00103. The highest BCUT2D eigenvalue weighted by Gasteiger charge is 2.29. The largest absolute Gasteiger partial charge is 0.377 e. The number of nitrogens with zero attached hydrogens (tertiary/aromatic N) is 1. The van der Waals surface area contributed by atoms with Gasteiger partial charge in [0.15, 0.2) is 0 Å². The van der Waals surface area contributed by atoms with E-state index in [9.17, 15) is 9.59 Å². The maximum absolute atomic E-state index is 12.6. The van der Waals surface area contributed by atoms with Crippen LogP contribution in [0.15, 0.2) is 41.8 Å². The zero-order chi connectivity index (χ0) is 19.2. The first-order valence-electron chi connectivity index (χ1n) is 8.55. The zero-order valence-electron chi connectivity index (χ0n) is 14.6. The van der Waals surface area contributed by atoms with Crippen LogP contribution in [0.1, 0.15) is 31.8 Å². The van der Waals surface area contributed by atoms with Crippen molar-refractivity contribution in [3.8, 4) is 0 Å². The number of hydroxylamine groups is 1. The molecule has 1 aliphatic heterocycles. The fraction of sp³-hybridized carbons (Fsp3) is 0.333. The third-order valence-corrected chi connectivity index (χ3v) is 5.25. The van der Waals surface area contributed by atoms with E-state index in [0.717, 1.165) is 0 Å². The Morgan fingerprint density at radius 1 is 1.33 bits per heavy atom. The number of hydrogen-bond acceptors (Lipinski definition) is 7. The van der Waals surface area contributed by atoms with Gasteiger partial charge in [-0.05, 0) is 29.1 Å². The lowest BCUT2D eigenvalue weighted by atomic mass is 10.1. The van der Waals surface area contributed by atoms with Crippen molar-refractivity contribution in [3.05, 3.63) is 57.8 Å². The highest BCUT2D eigenvalue weighted by atomic mass is 32.1. The van der Waals surface area contributed by atoms with Gasteiger partial charge in [0.2, 0.25) is 0 Å². The molecule has 8 nitrogen and oxygen atoms in total. The number of nitrogens with one attached hydrogen (secondary N) is 2. The molecule has 1 aromatic heterocycles. The van der Waals surface area contributed by atoms with Gasteiger partial charge in [0, 0.05) is 18.7 Å². The van der Waals surface area contributed by atoms with Gasteiger partial charge in [0.1, 0.15) is 6.17 Å². The van der Waals surface area contributed by atoms with Gasteiger partial charge in [0.25, 0.3) is 11.8 Å². The molecule has 2 amide bonds. The molecule has 0 spiro atoms. The Morgan fingerprint density at radius 3 is 2.78 bits per heavy atom. The maximum Gasteiger partial charge on any atom is 0.264 e. The van der Waals surface area contributed by atoms with Gasteiger partial charge in [0.05, 0.1) is 24.1 Å². The van der Waals surface area contributed by atoms with Crippen LogP contribution in [0.3, 0.4) is 0 Å². The van der Waals surface area contributed by atoms with Gasteiger partial charge in [-0.25, -0.2) is 0 Å². The number of carbonyl (C=O) groups is 2. The molecule has 2 heterocycles. The molecule has 1 fully saturated rings. The minimum absolute atomic E-state index is 0.0395. The molecule has 3 rings (SSSR count). The Kier molecular flexibility index (Phi) is 6.54. The Bertz CT molecular complexity index is 766.